The van der Waals surface area contributed by atoms with Crippen molar-refractivity contribution in [3.63, 3.8) is 0 Å². The molecule has 3 atom stereocenters. The van der Waals surface area contributed by atoms with E-state index in [9.17, 15) is 14.7 Å². The molecule has 0 bridgehead atoms. The lowest BCUT2D eigenvalue weighted by Crippen LogP contribution is -2.42. The second-order valence-corrected chi connectivity index (χ2v) is 7.31. The van der Waals surface area contributed by atoms with E-state index in [0.717, 1.165) is 17.8 Å². The average molecular weight is 323 g/mol. The number of fused-ring (bicyclic) bond motifs is 1. The Morgan fingerprint density at radius 1 is 1.64 bits per heavy atom. The number of rotatable bonds is 4. The van der Waals surface area contributed by atoms with E-state index in [2.05, 4.69) is 10.3 Å². The van der Waals surface area contributed by atoms with Crippen LogP contribution >= 0.6 is 11.3 Å². The van der Waals surface area contributed by atoms with Gasteiger partial charge < -0.3 is 15.3 Å². The molecule has 0 spiro atoms. The van der Waals surface area contributed by atoms with Gasteiger partial charge in [-0.15, -0.1) is 11.3 Å². The van der Waals surface area contributed by atoms with Gasteiger partial charge in [-0.1, -0.05) is 13.3 Å². The minimum Gasteiger partial charge on any atom is -0.481 e. The van der Waals surface area contributed by atoms with Crippen LogP contribution in [0.4, 0.5) is 4.79 Å². The van der Waals surface area contributed by atoms with Crippen LogP contribution < -0.4 is 5.32 Å². The van der Waals surface area contributed by atoms with Crippen LogP contribution in [0.3, 0.4) is 0 Å². The van der Waals surface area contributed by atoms with Crippen molar-refractivity contribution in [2.75, 3.05) is 19.6 Å². The van der Waals surface area contributed by atoms with Crippen molar-refractivity contribution in [3.8, 4) is 0 Å². The van der Waals surface area contributed by atoms with Crippen LogP contribution in [0, 0.1) is 11.3 Å². The highest BCUT2D eigenvalue weighted by molar-refractivity contribution is 7.09. The summed E-state index contributed by atoms with van der Waals surface area (Å²) >= 11 is 1.58. The molecular formula is C15H21N3O3S. The van der Waals surface area contributed by atoms with E-state index in [-0.39, 0.29) is 17.9 Å². The summed E-state index contributed by atoms with van der Waals surface area (Å²) in [5.74, 6) is -0.479. The number of urea groups is 1. The third kappa shape index (κ3) is 2.58. The summed E-state index contributed by atoms with van der Waals surface area (Å²) < 4.78 is 0. The Hall–Kier alpha value is -1.63. The number of hydrogen-bond acceptors (Lipinski definition) is 4. The molecule has 1 aliphatic carbocycles. The first-order valence-electron chi connectivity index (χ1n) is 7.68. The molecule has 2 aliphatic rings. The van der Waals surface area contributed by atoms with Crippen molar-refractivity contribution in [2.45, 2.75) is 32.1 Å². The van der Waals surface area contributed by atoms with Gasteiger partial charge in [-0.2, -0.15) is 0 Å². The fourth-order valence-corrected chi connectivity index (χ4v) is 4.41. The van der Waals surface area contributed by atoms with Crippen molar-refractivity contribution < 1.29 is 14.7 Å². The van der Waals surface area contributed by atoms with Crippen molar-refractivity contribution >= 4 is 23.3 Å². The van der Waals surface area contributed by atoms with Crippen LogP contribution in [0.5, 0.6) is 0 Å². The lowest BCUT2D eigenvalue weighted by atomic mass is 9.81. The molecule has 1 unspecified atom stereocenters. The number of carboxylic acid groups (broad SMARTS) is 1. The number of hydrogen-bond donors (Lipinski definition) is 2. The van der Waals surface area contributed by atoms with Gasteiger partial charge in [0.2, 0.25) is 0 Å². The third-order valence-corrected chi connectivity index (χ3v) is 6.02. The summed E-state index contributed by atoms with van der Waals surface area (Å²) in [5.41, 5.74) is -0.710. The Balaban J connectivity index is 1.57. The molecule has 6 nitrogen and oxygen atoms in total. The molecule has 7 heteroatoms. The first-order chi connectivity index (χ1) is 10.5. The van der Waals surface area contributed by atoms with Crippen LogP contribution in [0.15, 0.2) is 11.6 Å². The number of aliphatic carboxylic acids is 1. The zero-order valence-electron chi connectivity index (χ0n) is 12.6. The summed E-state index contributed by atoms with van der Waals surface area (Å²) in [4.78, 5) is 29.9. The van der Waals surface area contributed by atoms with Gasteiger partial charge in [-0.3, -0.25) is 4.79 Å². The smallest absolute Gasteiger partial charge is 0.317 e. The molecule has 0 aromatic carbocycles. The Labute approximate surface area is 133 Å². The van der Waals surface area contributed by atoms with Gasteiger partial charge in [0.15, 0.2) is 0 Å². The van der Waals surface area contributed by atoms with Crippen molar-refractivity contribution in [1.29, 1.82) is 0 Å². The number of carbonyl (C=O) groups excluding carboxylic acids is 1. The molecule has 2 N–H and O–H groups in total. The second-order valence-electron chi connectivity index (χ2n) is 6.39. The minimum atomic E-state index is -0.749. The third-order valence-electron chi connectivity index (χ3n) is 5.02. The van der Waals surface area contributed by atoms with Crippen LogP contribution in [0.1, 0.15) is 37.1 Å². The molecule has 1 aliphatic heterocycles. The summed E-state index contributed by atoms with van der Waals surface area (Å²) in [6, 6.07) is -0.154. The first-order valence-corrected chi connectivity index (χ1v) is 8.56. The molecule has 1 saturated carbocycles. The largest absolute Gasteiger partial charge is 0.481 e. The minimum absolute atomic E-state index is 0.104. The Morgan fingerprint density at radius 2 is 2.45 bits per heavy atom. The van der Waals surface area contributed by atoms with Gasteiger partial charge >= 0.3 is 12.0 Å². The van der Waals surface area contributed by atoms with E-state index in [1.807, 2.05) is 12.3 Å². The van der Waals surface area contributed by atoms with Crippen LogP contribution in [-0.4, -0.2) is 46.6 Å². The molecule has 1 saturated heterocycles. The normalized spacial score (nSPS) is 28.4. The number of aromatic nitrogens is 1. The maximum atomic E-state index is 12.3. The molecular weight excluding hydrogens is 302 g/mol. The van der Waals surface area contributed by atoms with E-state index < -0.39 is 11.4 Å². The monoisotopic (exact) mass is 323 g/mol. The lowest BCUT2D eigenvalue weighted by Gasteiger charge is -2.23. The van der Waals surface area contributed by atoms with Gasteiger partial charge in [0.25, 0.3) is 0 Å². The van der Waals surface area contributed by atoms with E-state index >= 15 is 0 Å². The van der Waals surface area contributed by atoms with E-state index in [1.54, 1.807) is 22.4 Å². The topological polar surface area (TPSA) is 82.5 Å². The van der Waals surface area contributed by atoms with Crippen LogP contribution in [0.2, 0.25) is 0 Å². The summed E-state index contributed by atoms with van der Waals surface area (Å²) in [7, 11) is 0. The highest BCUT2D eigenvalue weighted by Crippen LogP contribution is 2.48. The highest BCUT2D eigenvalue weighted by Gasteiger charge is 2.55. The fourth-order valence-electron chi connectivity index (χ4n) is 3.71. The Bertz CT molecular complexity index is 562. The highest BCUT2D eigenvalue weighted by atomic mass is 32.1. The second kappa shape index (κ2) is 5.87. The fraction of sp³-hybridized carbons (Fsp3) is 0.667. The number of amides is 2. The SMILES string of the molecule is CC(CNC(=O)N1C[C@@H]2CCC[C@@]2(C(=O)O)C1)c1nccs1. The number of thiazole rings is 1. The Morgan fingerprint density at radius 3 is 3.09 bits per heavy atom. The predicted molar refractivity (Wildman–Crippen MR) is 82.9 cm³/mol. The van der Waals surface area contributed by atoms with Gasteiger partial charge in [0.1, 0.15) is 0 Å². The van der Waals surface area contributed by atoms with Gasteiger partial charge in [0.05, 0.1) is 10.4 Å². The maximum absolute atomic E-state index is 12.3. The van der Waals surface area contributed by atoms with Crippen LogP contribution in [0.25, 0.3) is 0 Å². The van der Waals surface area contributed by atoms with Gasteiger partial charge in [-0.25, -0.2) is 9.78 Å². The quantitative estimate of drug-likeness (QED) is 0.889. The predicted octanol–water partition coefficient (Wildman–Crippen LogP) is 2.14. The van der Waals surface area contributed by atoms with E-state index in [1.165, 1.54) is 0 Å². The Kier molecular flexibility index (Phi) is 4.08. The lowest BCUT2D eigenvalue weighted by molar-refractivity contribution is -0.149. The average Bonchev–Trinajstić information content (AvgIpc) is 3.17. The molecule has 22 heavy (non-hydrogen) atoms. The van der Waals surface area contributed by atoms with E-state index in [0.29, 0.717) is 26.1 Å². The van der Waals surface area contributed by atoms with Crippen molar-refractivity contribution in [2.24, 2.45) is 11.3 Å². The summed E-state index contributed by atoms with van der Waals surface area (Å²) in [6.07, 6.45) is 4.31. The molecule has 0 radical (unpaired) electrons. The molecule has 1 aromatic heterocycles. The van der Waals surface area contributed by atoms with Crippen LogP contribution in [-0.2, 0) is 4.79 Å². The summed E-state index contributed by atoms with van der Waals surface area (Å²) in [6.45, 7) is 3.44. The number of nitrogens with one attached hydrogen (secondary N) is 1. The number of nitrogens with zero attached hydrogens (tertiary/aromatic N) is 2. The zero-order chi connectivity index (χ0) is 15.7. The molecule has 120 valence electrons. The molecule has 1 aromatic rings. The molecule has 2 fully saturated rings. The molecule has 2 amide bonds. The summed E-state index contributed by atoms with van der Waals surface area (Å²) in [5, 5.41) is 15.4. The van der Waals surface area contributed by atoms with Gasteiger partial charge in [0, 0.05) is 37.1 Å². The number of carbonyl (C=O) groups is 2. The number of likely N-dealkylation sites (tertiary alicyclic amines) is 1. The standard InChI is InChI=1S/C15H21N3O3S/c1-10(12-16-5-6-22-12)7-17-14(21)18-8-11-3-2-4-15(11,9-18)13(19)20/h5-6,10-11H,2-4,7-9H2,1H3,(H,17,21)(H,19,20)/t10?,11-,15+/m0/s1. The maximum Gasteiger partial charge on any atom is 0.317 e. The van der Waals surface area contributed by atoms with Crippen molar-refractivity contribution in [1.82, 2.24) is 15.2 Å². The van der Waals surface area contributed by atoms with E-state index in [4.69, 9.17) is 0 Å². The zero-order valence-corrected chi connectivity index (χ0v) is 13.4. The number of carboxylic acids is 1. The van der Waals surface area contributed by atoms with Crippen molar-refractivity contribution in [3.05, 3.63) is 16.6 Å². The molecule has 3 rings (SSSR count). The first kappa shape index (κ1) is 15.3. The van der Waals surface area contributed by atoms with Gasteiger partial charge in [-0.05, 0) is 18.8 Å². The molecule has 2 heterocycles.